The highest BCUT2D eigenvalue weighted by Gasteiger charge is 2.27. The number of hydrogen-bond donors (Lipinski definition) is 2. The highest BCUT2D eigenvalue weighted by Crippen LogP contribution is 2.21. The minimum absolute atomic E-state index is 0.101. The number of rotatable bonds is 7. The van der Waals surface area contributed by atoms with Gasteiger partial charge in [0.15, 0.2) is 0 Å². The van der Waals surface area contributed by atoms with Crippen LogP contribution in [0.25, 0.3) is 0 Å². The zero-order chi connectivity index (χ0) is 20.9. The van der Waals surface area contributed by atoms with E-state index in [-0.39, 0.29) is 23.6 Å². The van der Waals surface area contributed by atoms with Gasteiger partial charge in [0, 0.05) is 11.0 Å². The van der Waals surface area contributed by atoms with Crippen LogP contribution in [-0.2, 0) is 27.9 Å². The van der Waals surface area contributed by atoms with Gasteiger partial charge in [-0.15, -0.1) is 0 Å². The number of amides is 1. The lowest BCUT2D eigenvalue weighted by Crippen LogP contribution is -2.24. The van der Waals surface area contributed by atoms with E-state index in [0.717, 1.165) is 6.07 Å². The quantitative estimate of drug-likeness (QED) is 0.635. The van der Waals surface area contributed by atoms with Crippen molar-refractivity contribution < 1.29 is 31.1 Å². The molecule has 2 aromatic rings. The van der Waals surface area contributed by atoms with Gasteiger partial charge in [0.2, 0.25) is 10.0 Å². The zero-order valence-corrected chi connectivity index (χ0v) is 16.7. The second-order valence-corrected chi connectivity index (χ2v) is 8.21. The first-order valence-electron chi connectivity index (χ1n) is 7.78. The van der Waals surface area contributed by atoms with Crippen molar-refractivity contribution in [1.82, 2.24) is 5.32 Å². The topological polar surface area (TPSA) is 98.5 Å². The average Bonchev–Trinajstić information content (AvgIpc) is 2.59. The minimum atomic E-state index is -4.38. The van der Waals surface area contributed by atoms with Crippen molar-refractivity contribution in [2.24, 2.45) is 5.14 Å². The molecule has 1 amide bonds. The Morgan fingerprint density at radius 3 is 2.29 bits per heavy atom. The molecule has 2 aromatic carbocycles. The SMILES string of the molecule is NS(=O)(=O)c1ccc(Br)c(C(=O)NCc2ccc(COCC(F)(F)F)cc2)c1. The van der Waals surface area contributed by atoms with Crippen molar-refractivity contribution in [3.8, 4) is 0 Å². The molecular formula is C17H16BrF3N2O4S. The van der Waals surface area contributed by atoms with Crippen LogP contribution in [0.15, 0.2) is 51.8 Å². The third-order valence-corrected chi connectivity index (χ3v) is 5.12. The number of sulfonamides is 1. The fourth-order valence-corrected chi connectivity index (χ4v) is 3.14. The lowest BCUT2D eigenvalue weighted by molar-refractivity contribution is -0.176. The van der Waals surface area contributed by atoms with Gasteiger partial charge in [-0.3, -0.25) is 4.79 Å². The molecule has 0 unspecified atom stereocenters. The molecule has 0 aromatic heterocycles. The van der Waals surface area contributed by atoms with Gasteiger partial charge in [0.1, 0.15) is 6.61 Å². The lowest BCUT2D eigenvalue weighted by atomic mass is 10.1. The summed E-state index contributed by atoms with van der Waals surface area (Å²) in [4.78, 5) is 12.1. The van der Waals surface area contributed by atoms with E-state index < -0.39 is 28.7 Å². The van der Waals surface area contributed by atoms with Crippen molar-refractivity contribution in [3.05, 3.63) is 63.6 Å². The molecule has 152 valence electrons. The fraction of sp³-hybridized carbons (Fsp3) is 0.235. The van der Waals surface area contributed by atoms with Crippen molar-refractivity contribution >= 4 is 31.9 Å². The molecule has 0 atom stereocenters. The molecule has 0 spiro atoms. The third-order valence-electron chi connectivity index (χ3n) is 3.52. The molecule has 11 heteroatoms. The number of carbonyl (C=O) groups is 1. The van der Waals surface area contributed by atoms with Crippen LogP contribution >= 0.6 is 15.9 Å². The standard InChI is InChI=1S/C17H16BrF3N2O4S/c18-15-6-5-13(28(22,25)26)7-14(15)16(24)23-8-11-1-3-12(4-2-11)9-27-10-17(19,20)21/h1-7H,8-10H2,(H,23,24)(H2,22,25,26). The van der Waals surface area contributed by atoms with E-state index in [1.54, 1.807) is 24.3 Å². The second kappa shape index (κ2) is 9.03. The van der Waals surface area contributed by atoms with Crippen molar-refractivity contribution in [2.75, 3.05) is 6.61 Å². The molecule has 0 aliphatic carbocycles. The number of halogens is 4. The number of carbonyl (C=O) groups excluding carboxylic acids is 1. The number of primary sulfonamides is 1. The molecule has 0 saturated carbocycles. The van der Waals surface area contributed by atoms with Gasteiger partial charge in [0.25, 0.3) is 5.91 Å². The summed E-state index contributed by atoms with van der Waals surface area (Å²) in [7, 11) is -3.95. The molecule has 0 heterocycles. The van der Waals surface area contributed by atoms with Crippen LogP contribution in [0, 0.1) is 0 Å². The molecule has 2 rings (SSSR count). The summed E-state index contributed by atoms with van der Waals surface area (Å²) in [6, 6.07) is 10.3. The summed E-state index contributed by atoms with van der Waals surface area (Å²) in [6.45, 7) is -1.37. The molecule has 0 aliphatic heterocycles. The van der Waals surface area contributed by atoms with Gasteiger partial charge >= 0.3 is 6.18 Å². The molecule has 0 bridgehead atoms. The normalized spacial score (nSPS) is 12.0. The maximum atomic E-state index is 12.3. The Bertz CT molecular complexity index is 948. The van der Waals surface area contributed by atoms with Gasteiger partial charge in [-0.05, 0) is 45.3 Å². The monoisotopic (exact) mass is 480 g/mol. The van der Waals surface area contributed by atoms with Gasteiger partial charge in [-0.2, -0.15) is 13.2 Å². The Morgan fingerprint density at radius 1 is 1.11 bits per heavy atom. The van der Waals surface area contributed by atoms with E-state index in [0.29, 0.717) is 15.6 Å². The predicted octanol–water partition coefficient (Wildman–Crippen LogP) is 3.11. The number of ether oxygens (including phenoxy) is 1. The van der Waals surface area contributed by atoms with Crippen LogP contribution in [0.1, 0.15) is 21.5 Å². The Labute approximate surface area is 168 Å². The van der Waals surface area contributed by atoms with Gasteiger partial charge in [-0.25, -0.2) is 13.6 Å². The lowest BCUT2D eigenvalue weighted by Gasteiger charge is -2.10. The first kappa shape index (κ1) is 22.3. The zero-order valence-electron chi connectivity index (χ0n) is 14.3. The van der Waals surface area contributed by atoms with E-state index in [2.05, 4.69) is 26.0 Å². The van der Waals surface area contributed by atoms with Crippen molar-refractivity contribution in [1.29, 1.82) is 0 Å². The second-order valence-electron chi connectivity index (χ2n) is 5.79. The summed E-state index contributed by atoms with van der Waals surface area (Å²) in [5, 5.41) is 7.70. The molecule has 0 saturated heterocycles. The third kappa shape index (κ3) is 6.89. The van der Waals surface area contributed by atoms with E-state index in [4.69, 9.17) is 5.14 Å². The Balaban J connectivity index is 1.96. The predicted molar refractivity (Wildman–Crippen MR) is 98.8 cm³/mol. The van der Waals surface area contributed by atoms with Crippen LogP contribution in [0.3, 0.4) is 0 Å². The first-order chi connectivity index (χ1) is 13.0. The highest BCUT2D eigenvalue weighted by atomic mass is 79.9. The molecule has 28 heavy (non-hydrogen) atoms. The Morgan fingerprint density at radius 2 is 1.71 bits per heavy atom. The highest BCUT2D eigenvalue weighted by molar-refractivity contribution is 9.10. The molecular weight excluding hydrogens is 465 g/mol. The fourth-order valence-electron chi connectivity index (χ4n) is 2.17. The van der Waals surface area contributed by atoms with Crippen LogP contribution in [0.5, 0.6) is 0 Å². The summed E-state index contributed by atoms with van der Waals surface area (Å²) >= 11 is 3.18. The maximum Gasteiger partial charge on any atom is 0.411 e. The number of nitrogens with one attached hydrogen (secondary N) is 1. The largest absolute Gasteiger partial charge is 0.411 e. The molecule has 6 nitrogen and oxygen atoms in total. The van der Waals surface area contributed by atoms with E-state index in [9.17, 15) is 26.4 Å². The van der Waals surface area contributed by atoms with Crippen molar-refractivity contribution in [2.45, 2.75) is 24.2 Å². The smallest absolute Gasteiger partial charge is 0.367 e. The number of nitrogens with two attached hydrogens (primary N) is 1. The van der Waals surface area contributed by atoms with Crippen molar-refractivity contribution in [3.63, 3.8) is 0 Å². The molecule has 0 radical (unpaired) electrons. The summed E-state index contributed by atoms with van der Waals surface area (Å²) in [5.41, 5.74) is 1.36. The van der Waals surface area contributed by atoms with Crippen LogP contribution in [-0.4, -0.2) is 27.1 Å². The summed E-state index contributed by atoms with van der Waals surface area (Å²) < 4.78 is 64.0. The number of alkyl halides is 3. The van der Waals surface area contributed by atoms with E-state index in [1.807, 2.05) is 0 Å². The minimum Gasteiger partial charge on any atom is -0.367 e. The molecule has 3 N–H and O–H groups in total. The average molecular weight is 481 g/mol. The van der Waals surface area contributed by atoms with E-state index in [1.165, 1.54) is 12.1 Å². The molecule has 0 aliphatic rings. The maximum absolute atomic E-state index is 12.3. The van der Waals surface area contributed by atoms with Gasteiger partial charge in [0.05, 0.1) is 17.1 Å². The number of hydrogen-bond acceptors (Lipinski definition) is 4. The Kier molecular flexibility index (Phi) is 7.21. The summed E-state index contributed by atoms with van der Waals surface area (Å²) in [5.74, 6) is -0.519. The van der Waals surface area contributed by atoms with Crippen LogP contribution < -0.4 is 10.5 Å². The Hall–Kier alpha value is -1.95. The summed E-state index contributed by atoms with van der Waals surface area (Å²) in [6.07, 6.45) is -4.38. The molecule has 0 fully saturated rings. The van der Waals surface area contributed by atoms with Crippen LogP contribution in [0.4, 0.5) is 13.2 Å². The first-order valence-corrected chi connectivity index (χ1v) is 10.1. The number of benzene rings is 2. The van der Waals surface area contributed by atoms with E-state index >= 15 is 0 Å². The van der Waals surface area contributed by atoms with Crippen LogP contribution in [0.2, 0.25) is 0 Å². The van der Waals surface area contributed by atoms with Gasteiger partial charge in [-0.1, -0.05) is 24.3 Å². The van der Waals surface area contributed by atoms with Gasteiger partial charge < -0.3 is 10.1 Å².